The molecule has 0 bridgehead atoms. The Morgan fingerprint density at radius 2 is 1.50 bits per heavy atom. The van der Waals surface area contributed by atoms with E-state index in [0.717, 1.165) is 12.8 Å². The number of rotatable bonds is 7. The lowest BCUT2D eigenvalue weighted by atomic mass is 9.72. The third kappa shape index (κ3) is 4.97. The molecule has 0 spiro atoms. The van der Waals surface area contributed by atoms with Crippen LogP contribution in [0.4, 0.5) is 0 Å². The van der Waals surface area contributed by atoms with E-state index >= 15 is 0 Å². The van der Waals surface area contributed by atoms with E-state index in [4.69, 9.17) is 9.47 Å². The summed E-state index contributed by atoms with van der Waals surface area (Å²) in [5.41, 5.74) is -1.86. The molecule has 0 aromatic rings. The molecular formula is C20H36O4. The van der Waals surface area contributed by atoms with Crippen molar-refractivity contribution in [1.82, 2.24) is 0 Å². The van der Waals surface area contributed by atoms with Crippen molar-refractivity contribution in [2.24, 2.45) is 16.7 Å². The maximum Gasteiger partial charge on any atom is 0.312 e. The minimum atomic E-state index is -0.715. The van der Waals surface area contributed by atoms with E-state index < -0.39 is 16.4 Å². The number of hydrogen-bond donors (Lipinski definition) is 0. The third-order valence-corrected chi connectivity index (χ3v) is 5.79. The van der Waals surface area contributed by atoms with Crippen LogP contribution in [0.25, 0.3) is 0 Å². The molecule has 1 atom stereocenters. The predicted molar refractivity (Wildman–Crippen MR) is 95.6 cm³/mol. The highest BCUT2D eigenvalue weighted by molar-refractivity contribution is 5.80. The molecule has 4 heteroatoms. The summed E-state index contributed by atoms with van der Waals surface area (Å²) in [6.45, 7) is 11.6. The molecule has 0 saturated heterocycles. The van der Waals surface area contributed by atoms with Crippen molar-refractivity contribution in [3.8, 4) is 0 Å². The highest BCUT2D eigenvalue weighted by Crippen LogP contribution is 2.41. The maximum absolute atomic E-state index is 13.0. The first-order chi connectivity index (χ1) is 11.0. The van der Waals surface area contributed by atoms with Crippen molar-refractivity contribution in [2.75, 3.05) is 7.11 Å². The Morgan fingerprint density at radius 3 is 1.96 bits per heavy atom. The van der Waals surface area contributed by atoms with E-state index in [1.165, 1.54) is 26.4 Å². The Morgan fingerprint density at radius 1 is 0.958 bits per heavy atom. The second kappa shape index (κ2) is 7.88. The van der Waals surface area contributed by atoms with Gasteiger partial charge in [-0.05, 0) is 66.2 Å². The number of carbonyl (C=O) groups excluding carboxylic acids is 2. The lowest BCUT2D eigenvalue weighted by Crippen LogP contribution is -2.44. The Labute approximate surface area is 147 Å². The van der Waals surface area contributed by atoms with E-state index in [0.29, 0.717) is 18.8 Å². The van der Waals surface area contributed by atoms with Gasteiger partial charge in [0, 0.05) is 0 Å². The van der Waals surface area contributed by atoms with Gasteiger partial charge >= 0.3 is 11.9 Å². The van der Waals surface area contributed by atoms with Crippen LogP contribution in [-0.4, -0.2) is 24.6 Å². The summed E-state index contributed by atoms with van der Waals surface area (Å²) in [6.07, 6.45) is 7.00. The highest BCUT2D eigenvalue weighted by Gasteiger charge is 2.45. The molecule has 1 rings (SSSR count). The van der Waals surface area contributed by atoms with Crippen LogP contribution in [0.2, 0.25) is 0 Å². The summed E-state index contributed by atoms with van der Waals surface area (Å²) in [5.74, 6) is -0.0657. The average Bonchev–Trinajstić information content (AvgIpc) is 2.53. The van der Waals surface area contributed by atoms with Gasteiger partial charge < -0.3 is 9.47 Å². The molecular weight excluding hydrogens is 304 g/mol. The molecule has 1 saturated carbocycles. The summed E-state index contributed by atoms with van der Waals surface area (Å²) >= 11 is 0. The molecule has 24 heavy (non-hydrogen) atoms. The second-order valence-corrected chi connectivity index (χ2v) is 8.79. The number of hydrogen-bond acceptors (Lipinski definition) is 4. The molecule has 1 aliphatic carbocycles. The summed E-state index contributed by atoms with van der Waals surface area (Å²) in [5, 5.41) is 0. The Hall–Kier alpha value is -1.06. The van der Waals surface area contributed by atoms with Gasteiger partial charge in [-0.3, -0.25) is 9.59 Å². The monoisotopic (exact) mass is 340 g/mol. The van der Waals surface area contributed by atoms with Gasteiger partial charge in [-0.15, -0.1) is 0 Å². The Bertz CT molecular complexity index is 447. The lowest BCUT2D eigenvalue weighted by molar-refractivity contribution is -0.178. The summed E-state index contributed by atoms with van der Waals surface area (Å²) in [6, 6.07) is 0. The molecule has 0 heterocycles. The second-order valence-electron chi connectivity index (χ2n) is 8.79. The lowest BCUT2D eigenvalue weighted by Gasteiger charge is -2.40. The van der Waals surface area contributed by atoms with Crippen molar-refractivity contribution in [3.63, 3.8) is 0 Å². The first-order valence-electron chi connectivity index (χ1n) is 9.30. The first-order valence-corrected chi connectivity index (χ1v) is 9.30. The fourth-order valence-corrected chi connectivity index (χ4v) is 3.91. The standard InChI is InChI=1S/C20H36O4/c1-8-20(6,14-18(2,3)16(21)23-7)17(22)24-19(4,5)15-12-10-9-11-13-15/h15H,8-14H2,1-7H3. The van der Waals surface area contributed by atoms with Crippen molar-refractivity contribution in [2.45, 2.75) is 92.1 Å². The number of carbonyl (C=O) groups is 2. The normalized spacial score (nSPS) is 19.5. The van der Waals surface area contributed by atoms with E-state index in [2.05, 4.69) is 0 Å². The van der Waals surface area contributed by atoms with Crippen LogP contribution in [0.15, 0.2) is 0 Å². The molecule has 4 nitrogen and oxygen atoms in total. The van der Waals surface area contributed by atoms with Crippen molar-refractivity contribution < 1.29 is 19.1 Å². The topological polar surface area (TPSA) is 52.6 Å². The molecule has 1 fully saturated rings. The van der Waals surface area contributed by atoms with Crippen molar-refractivity contribution in [3.05, 3.63) is 0 Å². The van der Waals surface area contributed by atoms with Gasteiger partial charge in [-0.25, -0.2) is 0 Å². The summed E-state index contributed by atoms with van der Waals surface area (Å²) < 4.78 is 10.9. The third-order valence-electron chi connectivity index (χ3n) is 5.79. The highest BCUT2D eigenvalue weighted by atomic mass is 16.6. The van der Waals surface area contributed by atoms with Crippen LogP contribution in [0, 0.1) is 16.7 Å². The van der Waals surface area contributed by atoms with Gasteiger partial charge in [-0.1, -0.05) is 26.2 Å². The number of methoxy groups -OCH3 is 1. The zero-order valence-electron chi connectivity index (χ0n) is 16.7. The van der Waals surface area contributed by atoms with Gasteiger partial charge in [0.1, 0.15) is 5.60 Å². The van der Waals surface area contributed by atoms with Crippen LogP contribution in [0.3, 0.4) is 0 Å². The van der Waals surface area contributed by atoms with Gasteiger partial charge in [0.25, 0.3) is 0 Å². The molecule has 0 aromatic carbocycles. The van der Waals surface area contributed by atoms with E-state index in [-0.39, 0.29) is 11.9 Å². The van der Waals surface area contributed by atoms with Gasteiger partial charge in [0.15, 0.2) is 0 Å². The fraction of sp³-hybridized carbons (Fsp3) is 0.900. The molecule has 1 unspecified atom stereocenters. The molecule has 140 valence electrons. The quantitative estimate of drug-likeness (QED) is 0.619. The van der Waals surface area contributed by atoms with Crippen LogP contribution < -0.4 is 0 Å². The van der Waals surface area contributed by atoms with Gasteiger partial charge in [0.05, 0.1) is 17.9 Å². The van der Waals surface area contributed by atoms with E-state index in [1.807, 2.05) is 41.5 Å². The van der Waals surface area contributed by atoms with Crippen LogP contribution in [0.5, 0.6) is 0 Å². The van der Waals surface area contributed by atoms with Gasteiger partial charge in [0.2, 0.25) is 0 Å². The molecule has 0 amide bonds. The van der Waals surface area contributed by atoms with Crippen LogP contribution in [0.1, 0.15) is 86.5 Å². The molecule has 1 aliphatic rings. The molecule has 0 radical (unpaired) electrons. The summed E-state index contributed by atoms with van der Waals surface area (Å²) in [7, 11) is 1.39. The maximum atomic E-state index is 13.0. The Kier molecular flexibility index (Phi) is 6.89. The molecule has 0 aliphatic heterocycles. The van der Waals surface area contributed by atoms with Crippen LogP contribution in [-0.2, 0) is 19.1 Å². The SMILES string of the molecule is CCC(C)(CC(C)(C)C(=O)OC)C(=O)OC(C)(C)C1CCCCC1. The zero-order chi connectivity index (χ0) is 18.6. The van der Waals surface area contributed by atoms with Crippen molar-refractivity contribution >= 4 is 11.9 Å². The fourth-order valence-electron chi connectivity index (χ4n) is 3.91. The minimum Gasteiger partial charge on any atom is -0.469 e. The first kappa shape index (κ1) is 21.0. The van der Waals surface area contributed by atoms with Crippen molar-refractivity contribution in [1.29, 1.82) is 0 Å². The summed E-state index contributed by atoms with van der Waals surface area (Å²) in [4.78, 5) is 25.0. The van der Waals surface area contributed by atoms with E-state index in [9.17, 15) is 9.59 Å². The average molecular weight is 341 g/mol. The van der Waals surface area contributed by atoms with Crippen LogP contribution >= 0.6 is 0 Å². The zero-order valence-corrected chi connectivity index (χ0v) is 16.7. The number of esters is 2. The molecule has 0 N–H and O–H groups in total. The van der Waals surface area contributed by atoms with Gasteiger partial charge in [-0.2, -0.15) is 0 Å². The Balaban J connectivity index is 2.85. The predicted octanol–water partition coefficient (Wildman–Crippen LogP) is 4.89. The minimum absolute atomic E-state index is 0.197. The largest absolute Gasteiger partial charge is 0.469 e. The number of ether oxygens (including phenoxy) is 2. The van der Waals surface area contributed by atoms with E-state index in [1.54, 1.807) is 0 Å². The smallest absolute Gasteiger partial charge is 0.312 e. The molecule has 0 aromatic heterocycles.